The molecule has 0 aromatic heterocycles. The van der Waals surface area contributed by atoms with Crippen molar-refractivity contribution in [2.45, 2.75) is 25.1 Å². The Kier molecular flexibility index (Phi) is 6.34. The van der Waals surface area contributed by atoms with Crippen molar-refractivity contribution in [3.05, 3.63) is 35.6 Å². The fraction of sp³-hybridized carbons (Fsp3) is 0.500. The molecule has 0 saturated heterocycles. The van der Waals surface area contributed by atoms with E-state index in [-0.39, 0.29) is 24.9 Å². The van der Waals surface area contributed by atoms with Crippen molar-refractivity contribution in [1.29, 1.82) is 0 Å². The van der Waals surface area contributed by atoms with Crippen molar-refractivity contribution < 1.29 is 22.3 Å². The zero-order chi connectivity index (χ0) is 13.6. The fourth-order valence-corrected chi connectivity index (χ4v) is 2.20. The molecule has 6 heteroatoms. The van der Waals surface area contributed by atoms with Crippen molar-refractivity contribution in [2.75, 3.05) is 11.0 Å². The lowest BCUT2D eigenvalue weighted by Crippen LogP contribution is -2.11. The number of rotatable bonds is 6. The van der Waals surface area contributed by atoms with Crippen molar-refractivity contribution in [3.8, 4) is 0 Å². The SMILES string of the molecule is Fc1cccc(C(CI)OCCCC(F)(F)F)c1. The molecule has 0 aliphatic rings. The second-order valence-corrected chi connectivity index (χ2v) is 4.67. The summed E-state index contributed by atoms with van der Waals surface area (Å²) in [5.41, 5.74) is 0.649. The highest BCUT2D eigenvalue weighted by atomic mass is 127. The van der Waals surface area contributed by atoms with Gasteiger partial charge in [-0.05, 0) is 24.1 Å². The number of hydrogen-bond donors (Lipinski definition) is 0. The maximum absolute atomic E-state index is 13.0. The van der Waals surface area contributed by atoms with Gasteiger partial charge in [-0.25, -0.2) is 4.39 Å². The molecule has 0 aliphatic heterocycles. The highest BCUT2D eigenvalue weighted by Gasteiger charge is 2.26. The van der Waals surface area contributed by atoms with E-state index in [0.29, 0.717) is 9.99 Å². The zero-order valence-electron chi connectivity index (χ0n) is 9.51. The molecule has 1 nitrogen and oxygen atoms in total. The number of hydrogen-bond acceptors (Lipinski definition) is 1. The predicted molar refractivity (Wildman–Crippen MR) is 69.3 cm³/mol. The van der Waals surface area contributed by atoms with Gasteiger partial charge in [0.2, 0.25) is 0 Å². The second-order valence-electron chi connectivity index (χ2n) is 3.79. The standard InChI is InChI=1S/C12H13F4IO/c13-10-4-1-3-9(7-10)11(8-17)18-6-2-5-12(14,15)16/h1,3-4,7,11H,2,5-6,8H2. The van der Waals surface area contributed by atoms with E-state index in [2.05, 4.69) is 22.6 Å². The summed E-state index contributed by atoms with van der Waals surface area (Å²) in [6.07, 6.45) is -5.45. The Bertz CT molecular complexity index is 367. The number of benzene rings is 1. The monoisotopic (exact) mass is 376 g/mol. The van der Waals surface area contributed by atoms with Gasteiger partial charge < -0.3 is 4.74 Å². The molecule has 1 atom stereocenters. The predicted octanol–water partition coefficient (Wildman–Crippen LogP) is 4.66. The summed E-state index contributed by atoms with van der Waals surface area (Å²) in [7, 11) is 0. The Morgan fingerprint density at radius 2 is 2.00 bits per heavy atom. The van der Waals surface area contributed by atoms with E-state index < -0.39 is 12.6 Å². The van der Waals surface area contributed by atoms with Gasteiger partial charge in [0.1, 0.15) is 5.82 Å². The zero-order valence-corrected chi connectivity index (χ0v) is 11.7. The quantitative estimate of drug-likeness (QED) is 0.304. The van der Waals surface area contributed by atoms with E-state index in [1.165, 1.54) is 12.1 Å². The summed E-state index contributed by atoms with van der Waals surface area (Å²) in [4.78, 5) is 0. The van der Waals surface area contributed by atoms with Gasteiger partial charge in [-0.15, -0.1) is 0 Å². The molecule has 0 radical (unpaired) electrons. The van der Waals surface area contributed by atoms with Crippen LogP contribution in [0.15, 0.2) is 24.3 Å². The third-order valence-corrected chi connectivity index (χ3v) is 3.08. The third-order valence-electron chi connectivity index (χ3n) is 2.28. The molecule has 0 spiro atoms. The number of alkyl halides is 4. The molecule has 0 heterocycles. The molecule has 1 aromatic rings. The van der Waals surface area contributed by atoms with E-state index in [1.54, 1.807) is 12.1 Å². The van der Waals surface area contributed by atoms with Crippen LogP contribution in [0.5, 0.6) is 0 Å². The second kappa shape index (κ2) is 7.28. The van der Waals surface area contributed by atoms with Gasteiger partial charge in [-0.2, -0.15) is 13.2 Å². The van der Waals surface area contributed by atoms with Crippen LogP contribution in [0.1, 0.15) is 24.5 Å². The molecular formula is C12H13F4IO. The Morgan fingerprint density at radius 1 is 1.28 bits per heavy atom. The molecule has 102 valence electrons. The normalized spacial score (nSPS) is 13.6. The summed E-state index contributed by atoms with van der Waals surface area (Å²) in [6, 6.07) is 5.92. The summed E-state index contributed by atoms with van der Waals surface area (Å²) < 4.78 is 54.7. The van der Waals surface area contributed by atoms with Crippen LogP contribution in [0, 0.1) is 5.82 Å². The highest BCUT2D eigenvalue weighted by Crippen LogP contribution is 2.24. The first-order valence-electron chi connectivity index (χ1n) is 5.42. The highest BCUT2D eigenvalue weighted by molar-refractivity contribution is 14.1. The molecule has 0 N–H and O–H groups in total. The molecule has 1 aromatic carbocycles. The molecule has 1 rings (SSSR count). The lowest BCUT2D eigenvalue weighted by molar-refractivity contribution is -0.138. The van der Waals surface area contributed by atoms with Crippen LogP contribution in [-0.4, -0.2) is 17.2 Å². The number of halogens is 5. The van der Waals surface area contributed by atoms with Crippen LogP contribution >= 0.6 is 22.6 Å². The van der Waals surface area contributed by atoms with Crippen LogP contribution < -0.4 is 0 Å². The smallest absolute Gasteiger partial charge is 0.373 e. The molecule has 1 unspecified atom stereocenters. The van der Waals surface area contributed by atoms with E-state index >= 15 is 0 Å². The summed E-state index contributed by atoms with van der Waals surface area (Å²) in [5.74, 6) is -0.374. The first-order valence-corrected chi connectivity index (χ1v) is 6.94. The minimum Gasteiger partial charge on any atom is -0.373 e. The first kappa shape index (κ1) is 15.7. The summed E-state index contributed by atoms with van der Waals surface area (Å²) in [6.45, 7) is 0.0176. The molecule has 0 amide bonds. The van der Waals surface area contributed by atoms with Crippen molar-refractivity contribution in [3.63, 3.8) is 0 Å². The van der Waals surface area contributed by atoms with Crippen molar-refractivity contribution in [2.24, 2.45) is 0 Å². The minimum absolute atomic E-state index is 0.0176. The molecular weight excluding hydrogens is 363 g/mol. The van der Waals surface area contributed by atoms with Crippen LogP contribution in [0.3, 0.4) is 0 Å². The van der Waals surface area contributed by atoms with Crippen LogP contribution in [-0.2, 0) is 4.74 Å². The van der Waals surface area contributed by atoms with E-state index in [1.807, 2.05) is 0 Å². The topological polar surface area (TPSA) is 9.23 Å². The Balaban J connectivity index is 2.43. The molecule has 0 fully saturated rings. The Hall–Kier alpha value is -0.370. The lowest BCUT2D eigenvalue weighted by atomic mass is 10.1. The summed E-state index contributed by atoms with van der Waals surface area (Å²) >= 11 is 2.06. The molecule has 0 bridgehead atoms. The van der Waals surface area contributed by atoms with E-state index in [9.17, 15) is 17.6 Å². The van der Waals surface area contributed by atoms with Gasteiger partial charge in [0.25, 0.3) is 0 Å². The maximum Gasteiger partial charge on any atom is 0.389 e. The average molecular weight is 376 g/mol. The lowest BCUT2D eigenvalue weighted by Gasteiger charge is -2.16. The van der Waals surface area contributed by atoms with Gasteiger partial charge in [-0.3, -0.25) is 0 Å². The summed E-state index contributed by atoms with van der Waals surface area (Å²) in [5, 5.41) is 0. The first-order chi connectivity index (χ1) is 8.42. The minimum atomic E-state index is -4.15. The van der Waals surface area contributed by atoms with Crippen LogP contribution in [0.2, 0.25) is 0 Å². The fourth-order valence-electron chi connectivity index (χ4n) is 1.43. The van der Waals surface area contributed by atoms with E-state index in [4.69, 9.17) is 4.74 Å². The van der Waals surface area contributed by atoms with Crippen molar-refractivity contribution in [1.82, 2.24) is 0 Å². The van der Waals surface area contributed by atoms with Crippen LogP contribution in [0.4, 0.5) is 17.6 Å². The van der Waals surface area contributed by atoms with Gasteiger partial charge in [0.05, 0.1) is 6.10 Å². The maximum atomic E-state index is 13.0. The van der Waals surface area contributed by atoms with Gasteiger partial charge in [0, 0.05) is 17.5 Å². The van der Waals surface area contributed by atoms with E-state index in [0.717, 1.165) is 0 Å². The molecule has 18 heavy (non-hydrogen) atoms. The van der Waals surface area contributed by atoms with Gasteiger partial charge in [-0.1, -0.05) is 34.7 Å². The van der Waals surface area contributed by atoms with Gasteiger partial charge >= 0.3 is 6.18 Å². The largest absolute Gasteiger partial charge is 0.389 e. The average Bonchev–Trinajstić information content (AvgIpc) is 2.27. The van der Waals surface area contributed by atoms with Gasteiger partial charge in [0.15, 0.2) is 0 Å². The number of ether oxygens (including phenoxy) is 1. The Morgan fingerprint density at radius 3 is 2.56 bits per heavy atom. The molecule has 0 saturated carbocycles. The Labute approximate surface area is 117 Å². The van der Waals surface area contributed by atoms with Crippen LogP contribution in [0.25, 0.3) is 0 Å². The third kappa shape index (κ3) is 5.99. The van der Waals surface area contributed by atoms with Crippen molar-refractivity contribution >= 4 is 22.6 Å². The molecule has 0 aliphatic carbocycles.